The summed E-state index contributed by atoms with van der Waals surface area (Å²) in [4.78, 5) is 0. The van der Waals surface area contributed by atoms with Gasteiger partial charge in [0.2, 0.25) is 0 Å². The van der Waals surface area contributed by atoms with E-state index in [1.807, 2.05) is 0 Å². The van der Waals surface area contributed by atoms with Crippen LogP contribution >= 0.6 is 11.6 Å². The third kappa shape index (κ3) is 2.12. The molecule has 13 heavy (non-hydrogen) atoms. The molecule has 0 aliphatic carbocycles. The normalized spacial score (nSPS) is 10.9. The second-order valence-corrected chi connectivity index (χ2v) is 2.66. The highest BCUT2D eigenvalue weighted by Crippen LogP contribution is 2.27. The molecular weight excluding hydrogens is 208 g/mol. The molecule has 0 radical (unpaired) electrons. The van der Waals surface area contributed by atoms with Gasteiger partial charge in [0.1, 0.15) is 11.6 Å². The maximum Gasteiger partial charge on any atom is 0.266 e. The van der Waals surface area contributed by atoms with Crippen LogP contribution in [0.5, 0.6) is 0 Å². The first-order valence-corrected chi connectivity index (χ1v) is 3.91. The van der Waals surface area contributed by atoms with Crippen LogP contribution in [0.25, 0.3) is 0 Å². The van der Waals surface area contributed by atoms with Crippen LogP contribution in [0, 0.1) is 11.6 Å². The summed E-state index contributed by atoms with van der Waals surface area (Å²) in [6.07, 6.45) is -2.98. The van der Waals surface area contributed by atoms with Crippen molar-refractivity contribution in [2.24, 2.45) is 0 Å². The molecule has 0 bridgehead atoms. The van der Waals surface area contributed by atoms with E-state index >= 15 is 0 Å². The third-order valence-electron chi connectivity index (χ3n) is 1.54. The lowest BCUT2D eigenvalue weighted by Crippen LogP contribution is -1.98. The molecule has 1 aromatic rings. The van der Waals surface area contributed by atoms with Gasteiger partial charge in [0, 0.05) is 11.9 Å². The third-order valence-corrected chi connectivity index (χ3v) is 1.83. The molecule has 0 spiro atoms. The van der Waals surface area contributed by atoms with Crippen LogP contribution < -0.4 is 0 Å². The predicted molar refractivity (Wildman–Crippen MR) is 40.9 cm³/mol. The standard InChI is InChI=1S/C8H5ClF4/c9-3-4-1-5(10)2-6(11)7(4)8(12)13/h1-2,8H,3H2. The molecule has 0 atom stereocenters. The summed E-state index contributed by atoms with van der Waals surface area (Å²) in [5, 5.41) is 0. The average molecular weight is 213 g/mol. The number of benzene rings is 1. The van der Waals surface area contributed by atoms with Crippen LogP contribution in [0.15, 0.2) is 12.1 Å². The van der Waals surface area contributed by atoms with Gasteiger partial charge >= 0.3 is 0 Å². The van der Waals surface area contributed by atoms with Crippen molar-refractivity contribution in [3.05, 3.63) is 34.9 Å². The summed E-state index contributed by atoms with van der Waals surface area (Å²) >= 11 is 5.25. The minimum Gasteiger partial charge on any atom is -0.207 e. The zero-order valence-electron chi connectivity index (χ0n) is 6.33. The Bertz CT molecular complexity index is 311. The Hall–Kier alpha value is -0.770. The van der Waals surface area contributed by atoms with Gasteiger partial charge in [-0.1, -0.05) is 0 Å². The number of alkyl halides is 3. The van der Waals surface area contributed by atoms with Crippen LogP contribution in [0.3, 0.4) is 0 Å². The highest BCUT2D eigenvalue weighted by molar-refractivity contribution is 6.17. The van der Waals surface area contributed by atoms with Crippen LogP contribution in [-0.4, -0.2) is 0 Å². The molecular formula is C8H5ClF4. The molecule has 0 fully saturated rings. The van der Waals surface area contributed by atoms with Gasteiger partial charge in [0.15, 0.2) is 0 Å². The average Bonchev–Trinajstić information content (AvgIpc) is 2.01. The van der Waals surface area contributed by atoms with Crippen molar-refractivity contribution in [1.82, 2.24) is 0 Å². The second kappa shape index (κ2) is 3.96. The fraction of sp³-hybridized carbons (Fsp3) is 0.250. The molecule has 0 aliphatic heterocycles. The van der Waals surface area contributed by atoms with Crippen molar-refractivity contribution in [3.8, 4) is 0 Å². The smallest absolute Gasteiger partial charge is 0.207 e. The summed E-state index contributed by atoms with van der Waals surface area (Å²) in [5.74, 6) is -2.50. The van der Waals surface area contributed by atoms with Gasteiger partial charge in [-0.3, -0.25) is 0 Å². The molecule has 72 valence electrons. The molecule has 0 amide bonds. The van der Waals surface area contributed by atoms with E-state index in [-0.39, 0.29) is 11.4 Å². The molecule has 0 saturated heterocycles. The number of hydrogen-bond donors (Lipinski definition) is 0. The lowest BCUT2D eigenvalue weighted by molar-refractivity contribution is 0.145. The predicted octanol–water partition coefficient (Wildman–Crippen LogP) is 3.64. The van der Waals surface area contributed by atoms with E-state index in [1.54, 1.807) is 0 Å². The molecule has 5 heteroatoms. The van der Waals surface area contributed by atoms with E-state index in [1.165, 1.54) is 0 Å². The van der Waals surface area contributed by atoms with Crippen molar-refractivity contribution in [3.63, 3.8) is 0 Å². The molecule has 0 aromatic heterocycles. The van der Waals surface area contributed by atoms with Gasteiger partial charge in [-0.05, 0) is 11.6 Å². The Kier molecular flexibility index (Phi) is 3.14. The summed E-state index contributed by atoms with van der Waals surface area (Å²) < 4.78 is 49.7. The van der Waals surface area contributed by atoms with Crippen LogP contribution in [0.1, 0.15) is 17.6 Å². The minimum atomic E-state index is -2.98. The Labute approximate surface area is 77.1 Å². The Morgan fingerprint density at radius 3 is 2.31 bits per heavy atom. The summed E-state index contributed by atoms with van der Waals surface area (Å²) in [6.45, 7) is 0. The zero-order chi connectivity index (χ0) is 10.0. The van der Waals surface area contributed by atoms with Gasteiger partial charge in [-0.25, -0.2) is 17.6 Å². The number of halogens is 5. The zero-order valence-corrected chi connectivity index (χ0v) is 7.08. The first-order valence-electron chi connectivity index (χ1n) is 3.38. The Morgan fingerprint density at radius 2 is 1.85 bits per heavy atom. The SMILES string of the molecule is Fc1cc(F)c(C(F)F)c(CCl)c1. The first-order chi connectivity index (χ1) is 6.06. The van der Waals surface area contributed by atoms with E-state index in [2.05, 4.69) is 0 Å². The van der Waals surface area contributed by atoms with E-state index in [4.69, 9.17) is 11.6 Å². The summed E-state index contributed by atoms with van der Waals surface area (Å²) in [7, 11) is 0. The van der Waals surface area contributed by atoms with Crippen molar-refractivity contribution < 1.29 is 17.6 Å². The monoisotopic (exact) mass is 212 g/mol. The van der Waals surface area contributed by atoms with Crippen molar-refractivity contribution in [1.29, 1.82) is 0 Å². The van der Waals surface area contributed by atoms with Gasteiger partial charge < -0.3 is 0 Å². The number of hydrogen-bond acceptors (Lipinski definition) is 0. The highest BCUT2D eigenvalue weighted by atomic mass is 35.5. The van der Waals surface area contributed by atoms with Crippen LogP contribution in [-0.2, 0) is 5.88 Å². The lowest BCUT2D eigenvalue weighted by atomic mass is 10.1. The molecule has 0 aliphatic rings. The Morgan fingerprint density at radius 1 is 1.23 bits per heavy atom. The van der Waals surface area contributed by atoms with Crippen LogP contribution in [0.4, 0.5) is 17.6 Å². The van der Waals surface area contributed by atoms with Gasteiger partial charge in [-0.15, -0.1) is 11.6 Å². The molecule has 0 saturated carbocycles. The van der Waals surface area contributed by atoms with Crippen LogP contribution in [0.2, 0.25) is 0 Å². The molecule has 1 aromatic carbocycles. The summed E-state index contributed by atoms with van der Waals surface area (Å²) in [5.41, 5.74) is -1.04. The number of rotatable bonds is 2. The summed E-state index contributed by atoms with van der Waals surface area (Å²) in [6, 6.07) is 1.22. The largest absolute Gasteiger partial charge is 0.266 e. The van der Waals surface area contributed by atoms with E-state index in [9.17, 15) is 17.6 Å². The van der Waals surface area contributed by atoms with E-state index in [0.717, 1.165) is 6.07 Å². The lowest BCUT2D eigenvalue weighted by Gasteiger charge is -2.07. The Balaban J connectivity index is 3.30. The molecule has 0 heterocycles. The van der Waals surface area contributed by atoms with E-state index < -0.39 is 23.6 Å². The minimum absolute atomic E-state index is 0.214. The maximum atomic E-state index is 12.8. The molecule has 0 unspecified atom stereocenters. The maximum absolute atomic E-state index is 12.8. The van der Waals surface area contributed by atoms with Crippen molar-refractivity contribution in [2.75, 3.05) is 0 Å². The fourth-order valence-corrected chi connectivity index (χ4v) is 1.21. The topological polar surface area (TPSA) is 0 Å². The van der Waals surface area contributed by atoms with Gasteiger partial charge in [-0.2, -0.15) is 0 Å². The van der Waals surface area contributed by atoms with Crippen molar-refractivity contribution in [2.45, 2.75) is 12.3 Å². The van der Waals surface area contributed by atoms with E-state index in [0.29, 0.717) is 6.07 Å². The molecule has 0 N–H and O–H groups in total. The quantitative estimate of drug-likeness (QED) is 0.519. The highest BCUT2D eigenvalue weighted by Gasteiger charge is 2.18. The van der Waals surface area contributed by atoms with Crippen molar-refractivity contribution >= 4 is 11.6 Å². The molecule has 0 nitrogen and oxygen atoms in total. The first kappa shape index (κ1) is 10.3. The molecule has 1 rings (SSSR count). The van der Waals surface area contributed by atoms with Gasteiger partial charge in [0.05, 0.1) is 5.56 Å². The second-order valence-electron chi connectivity index (χ2n) is 2.39. The fourth-order valence-electron chi connectivity index (χ4n) is 0.993. The van der Waals surface area contributed by atoms with Gasteiger partial charge in [0.25, 0.3) is 6.43 Å².